The molecule has 0 radical (unpaired) electrons. The monoisotopic (exact) mass is 278 g/mol. The Labute approximate surface area is 114 Å². The number of fused-ring (bicyclic) bond motifs is 1. The molecule has 2 aromatic heterocycles. The van der Waals surface area contributed by atoms with Crippen LogP contribution in [0.5, 0.6) is 6.01 Å². The average Bonchev–Trinajstić information content (AvgIpc) is 3.03. The van der Waals surface area contributed by atoms with Gasteiger partial charge in [-0.3, -0.25) is 10.1 Å². The topological polar surface area (TPSA) is 79.9 Å². The Hall–Kier alpha value is -1.89. The van der Waals surface area contributed by atoms with Gasteiger partial charge in [-0.05, 0) is 37.8 Å². The molecule has 0 saturated heterocycles. The Balaban J connectivity index is 1.69. The van der Waals surface area contributed by atoms with Crippen LogP contribution in [0.1, 0.15) is 33.5 Å². The first-order valence-electron chi connectivity index (χ1n) is 6.24. The summed E-state index contributed by atoms with van der Waals surface area (Å²) in [6, 6.07) is 2.22. The van der Waals surface area contributed by atoms with Crippen LogP contribution in [0.25, 0.3) is 0 Å². The molecule has 6 nitrogen and oxygen atoms in total. The highest BCUT2D eigenvalue weighted by atomic mass is 32.1. The van der Waals surface area contributed by atoms with E-state index < -0.39 is 0 Å². The molecule has 1 aliphatic rings. The molecule has 1 aliphatic carbocycles. The van der Waals surface area contributed by atoms with Gasteiger partial charge in [-0.25, -0.2) is 5.10 Å². The number of aromatic nitrogens is 3. The van der Waals surface area contributed by atoms with E-state index in [1.165, 1.54) is 16.9 Å². The highest BCUT2D eigenvalue weighted by Crippen LogP contribution is 2.30. The van der Waals surface area contributed by atoms with Crippen LogP contribution in [0.2, 0.25) is 0 Å². The largest absolute Gasteiger partial charge is 0.463 e. The quantitative estimate of drug-likeness (QED) is 0.896. The van der Waals surface area contributed by atoms with Crippen LogP contribution in [-0.4, -0.2) is 27.7 Å². The minimum atomic E-state index is -0.154. The summed E-state index contributed by atoms with van der Waals surface area (Å²) >= 11 is 1.56. The Bertz CT molecular complexity index is 583. The van der Waals surface area contributed by atoms with Crippen molar-refractivity contribution in [3.8, 4) is 6.01 Å². The number of nitrogens with one attached hydrogen (secondary N) is 2. The van der Waals surface area contributed by atoms with Crippen LogP contribution >= 0.6 is 11.3 Å². The molecule has 0 fully saturated rings. The number of rotatable bonds is 4. The summed E-state index contributed by atoms with van der Waals surface area (Å²) in [4.78, 5) is 18.1. The number of carbonyl (C=O) groups excluding carboxylic acids is 1. The predicted molar refractivity (Wildman–Crippen MR) is 71.8 cm³/mol. The van der Waals surface area contributed by atoms with Crippen LogP contribution < -0.4 is 10.1 Å². The van der Waals surface area contributed by atoms with Crippen molar-refractivity contribution in [3.63, 3.8) is 0 Å². The number of aryl methyl sites for hydroxylation is 2. The molecule has 0 bridgehead atoms. The normalized spacial score (nSPS) is 13.3. The van der Waals surface area contributed by atoms with Gasteiger partial charge in [0.25, 0.3) is 5.91 Å². The molecule has 0 atom stereocenters. The fourth-order valence-corrected chi connectivity index (χ4v) is 3.25. The van der Waals surface area contributed by atoms with E-state index in [9.17, 15) is 4.79 Å². The zero-order chi connectivity index (χ0) is 13.2. The fourth-order valence-electron chi connectivity index (χ4n) is 2.11. The van der Waals surface area contributed by atoms with Crippen molar-refractivity contribution >= 4 is 23.2 Å². The van der Waals surface area contributed by atoms with Crippen LogP contribution in [0.3, 0.4) is 0 Å². The number of hydrogen-bond donors (Lipinski definition) is 2. The molecule has 100 valence electrons. The molecule has 0 unspecified atom stereocenters. The smallest absolute Gasteiger partial charge is 0.337 e. The van der Waals surface area contributed by atoms with E-state index >= 15 is 0 Å². The van der Waals surface area contributed by atoms with Crippen molar-refractivity contribution < 1.29 is 9.53 Å². The van der Waals surface area contributed by atoms with Gasteiger partial charge in [0.05, 0.1) is 11.5 Å². The highest BCUT2D eigenvalue weighted by molar-refractivity contribution is 7.14. The predicted octanol–water partition coefficient (Wildman–Crippen LogP) is 2.01. The van der Waals surface area contributed by atoms with Crippen LogP contribution in [0.4, 0.5) is 5.95 Å². The van der Waals surface area contributed by atoms with Crippen molar-refractivity contribution in [3.05, 3.63) is 21.4 Å². The van der Waals surface area contributed by atoms with Gasteiger partial charge in [-0.15, -0.1) is 16.4 Å². The molecule has 1 amide bonds. The maximum absolute atomic E-state index is 12.1. The Morgan fingerprint density at radius 2 is 2.47 bits per heavy atom. The number of nitrogens with zero attached hydrogens (tertiary/aromatic N) is 2. The minimum Gasteiger partial charge on any atom is -0.463 e. The first-order valence-corrected chi connectivity index (χ1v) is 7.06. The van der Waals surface area contributed by atoms with Crippen LogP contribution in [-0.2, 0) is 12.8 Å². The molecule has 0 aromatic carbocycles. The summed E-state index contributed by atoms with van der Waals surface area (Å²) in [5.41, 5.74) is 1.31. The third-order valence-electron chi connectivity index (χ3n) is 2.94. The maximum atomic E-state index is 12.1. The number of thiophene rings is 1. The molecule has 2 heterocycles. The molecule has 2 N–H and O–H groups in total. The molecule has 3 rings (SSSR count). The highest BCUT2D eigenvalue weighted by Gasteiger charge is 2.19. The van der Waals surface area contributed by atoms with Gasteiger partial charge in [0, 0.05) is 4.88 Å². The van der Waals surface area contributed by atoms with Crippen molar-refractivity contribution in [2.24, 2.45) is 0 Å². The van der Waals surface area contributed by atoms with E-state index in [1.807, 2.05) is 13.0 Å². The van der Waals surface area contributed by atoms with E-state index in [-0.39, 0.29) is 11.9 Å². The number of anilines is 1. The Kier molecular flexibility index (Phi) is 3.20. The van der Waals surface area contributed by atoms with E-state index in [2.05, 4.69) is 20.5 Å². The number of hydrogen-bond acceptors (Lipinski definition) is 5. The van der Waals surface area contributed by atoms with Gasteiger partial charge in [-0.1, -0.05) is 0 Å². The minimum absolute atomic E-state index is 0.154. The second-order valence-corrected chi connectivity index (χ2v) is 5.40. The van der Waals surface area contributed by atoms with E-state index in [4.69, 9.17) is 4.74 Å². The average molecular weight is 278 g/mol. The van der Waals surface area contributed by atoms with Gasteiger partial charge >= 0.3 is 6.01 Å². The molecule has 2 aromatic rings. The molecule has 0 saturated carbocycles. The summed E-state index contributed by atoms with van der Waals surface area (Å²) in [5.74, 6) is 0.153. The van der Waals surface area contributed by atoms with Crippen molar-refractivity contribution in [2.45, 2.75) is 26.2 Å². The van der Waals surface area contributed by atoms with Gasteiger partial charge < -0.3 is 4.74 Å². The lowest BCUT2D eigenvalue weighted by molar-refractivity contribution is 0.102. The zero-order valence-electron chi connectivity index (χ0n) is 10.5. The summed E-state index contributed by atoms with van der Waals surface area (Å²) in [5, 5.41) is 9.15. The van der Waals surface area contributed by atoms with E-state index in [0.717, 1.165) is 17.7 Å². The van der Waals surface area contributed by atoms with Gasteiger partial charge in [0.15, 0.2) is 0 Å². The van der Waals surface area contributed by atoms with Crippen LogP contribution in [0, 0.1) is 0 Å². The number of aromatic amines is 1. The molecule has 0 spiro atoms. The third-order valence-corrected chi connectivity index (χ3v) is 4.18. The second kappa shape index (κ2) is 5.00. The summed E-state index contributed by atoms with van der Waals surface area (Å²) in [6.07, 6.45) is 3.36. The standard InChI is InChI=1S/C12H14N4O2S/c1-2-18-12-14-11(15-16-12)13-10(17)9-6-7-4-3-5-8(7)19-9/h6H,2-5H2,1H3,(H2,13,14,15,16,17). The Morgan fingerprint density at radius 1 is 1.58 bits per heavy atom. The lowest BCUT2D eigenvalue weighted by Gasteiger charge is -1.97. The summed E-state index contributed by atoms with van der Waals surface area (Å²) in [7, 11) is 0. The summed E-state index contributed by atoms with van der Waals surface area (Å²) in [6.45, 7) is 2.34. The lowest BCUT2D eigenvalue weighted by atomic mass is 10.2. The maximum Gasteiger partial charge on any atom is 0.337 e. The van der Waals surface area contributed by atoms with Crippen molar-refractivity contribution in [2.75, 3.05) is 11.9 Å². The third kappa shape index (κ3) is 2.46. The van der Waals surface area contributed by atoms with Gasteiger partial charge in [0.2, 0.25) is 5.95 Å². The SMILES string of the molecule is CCOc1n[nH]c(NC(=O)c2cc3c(s2)CCC3)n1. The fraction of sp³-hybridized carbons (Fsp3) is 0.417. The Morgan fingerprint density at radius 3 is 3.26 bits per heavy atom. The number of ether oxygens (including phenoxy) is 1. The number of amides is 1. The summed E-state index contributed by atoms with van der Waals surface area (Å²) < 4.78 is 5.12. The van der Waals surface area contributed by atoms with E-state index in [0.29, 0.717) is 12.6 Å². The molecular weight excluding hydrogens is 264 g/mol. The molecule has 0 aliphatic heterocycles. The van der Waals surface area contributed by atoms with Gasteiger partial charge in [-0.2, -0.15) is 4.98 Å². The molecule has 7 heteroatoms. The molecule has 19 heavy (non-hydrogen) atoms. The van der Waals surface area contributed by atoms with Gasteiger partial charge in [0.1, 0.15) is 0 Å². The number of carbonyl (C=O) groups is 1. The second-order valence-electron chi connectivity index (χ2n) is 4.27. The van der Waals surface area contributed by atoms with Crippen LogP contribution in [0.15, 0.2) is 6.07 Å². The van der Waals surface area contributed by atoms with E-state index in [1.54, 1.807) is 11.3 Å². The van der Waals surface area contributed by atoms with Crippen molar-refractivity contribution in [1.29, 1.82) is 0 Å². The first kappa shape index (κ1) is 12.2. The first-order chi connectivity index (χ1) is 9.26. The molecular formula is C12H14N4O2S. The van der Waals surface area contributed by atoms with Crippen molar-refractivity contribution in [1.82, 2.24) is 15.2 Å². The zero-order valence-corrected chi connectivity index (χ0v) is 11.3. The lowest BCUT2D eigenvalue weighted by Crippen LogP contribution is -2.11. The number of H-pyrrole nitrogens is 1.